The summed E-state index contributed by atoms with van der Waals surface area (Å²) in [5.41, 5.74) is 2.29. The van der Waals surface area contributed by atoms with Crippen LogP contribution < -0.4 is 4.74 Å². The molecule has 26 heavy (non-hydrogen) atoms. The minimum atomic E-state index is -0.266. The van der Waals surface area contributed by atoms with E-state index in [-0.39, 0.29) is 18.4 Å². The van der Waals surface area contributed by atoms with Crippen LogP contribution in [-0.2, 0) is 16.1 Å². The smallest absolute Gasteiger partial charge is 0.253 e. The Kier molecular flexibility index (Phi) is 4.57. The summed E-state index contributed by atoms with van der Waals surface area (Å²) < 4.78 is 5.90. The van der Waals surface area contributed by atoms with Crippen LogP contribution in [0.2, 0.25) is 0 Å². The quantitative estimate of drug-likeness (QED) is 0.745. The van der Waals surface area contributed by atoms with Gasteiger partial charge in [0.15, 0.2) is 0 Å². The van der Waals surface area contributed by atoms with E-state index in [2.05, 4.69) is 12.1 Å². The number of rotatable bonds is 5. The summed E-state index contributed by atoms with van der Waals surface area (Å²) in [4.78, 5) is 24.4. The molecule has 4 nitrogen and oxygen atoms in total. The molecule has 0 N–H and O–H groups in total. The molecule has 0 saturated heterocycles. The van der Waals surface area contributed by atoms with Crippen LogP contribution in [0.15, 0.2) is 60.7 Å². The van der Waals surface area contributed by atoms with Gasteiger partial charge in [-0.25, -0.2) is 0 Å². The number of carbonyl (C=O) groups is 2. The normalized spacial score (nSPS) is 17.3. The maximum absolute atomic E-state index is 11.6. The molecule has 4 rings (SSSR count). The third-order valence-electron chi connectivity index (χ3n) is 5.11. The van der Waals surface area contributed by atoms with Crippen molar-refractivity contribution in [2.75, 3.05) is 0 Å². The van der Waals surface area contributed by atoms with Crippen LogP contribution in [0.5, 0.6) is 11.5 Å². The van der Waals surface area contributed by atoms with Crippen molar-refractivity contribution in [1.82, 2.24) is 4.90 Å². The van der Waals surface area contributed by atoms with Crippen molar-refractivity contribution in [3.8, 4) is 11.5 Å². The second kappa shape index (κ2) is 7.16. The summed E-state index contributed by atoms with van der Waals surface area (Å²) in [5.74, 6) is 1.72. The van der Waals surface area contributed by atoms with Gasteiger partial charge in [0.2, 0.25) is 0 Å². The molecule has 1 aliphatic heterocycles. The Balaban J connectivity index is 1.38. The van der Waals surface area contributed by atoms with E-state index >= 15 is 0 Å². The van der Waals surface area contributed by atoms with E-state index in [1.807, 2.05) is 36.4 Å². The number of nitrogens with zero attached hydrogens (tertiary/aromatic N) is 1. The van der Waals surface area contributed by atoms with Crippen molar-refractivity contribution in [3.63, 3.8) is 0 Å². The topological polar surface area (TPSA) is 46.6 Å². The fourth-order valence-electron chi connectivity index (χ4n) is 3.64. The number of hydrogen-bond acceptors (Lipinski definition) is 3. The highest BCUT2D eigenvalue weighted by atomic mass is 16.5. The number of imide groups is 1. The van der Waals surface area contributed by atoms with Gasteiger partial charge in [-0.2, -0.15) is 0 Å². The van der Waals surface area contributed by atoms with Gasteiger partial charge in [-0.3, -0.25) is 14.5 Å². The predicted octanol–water partition coefficient (Wildman–Crippen LogP) is 4.56. The number of amides is 2. The highest BCUT2D eigenvalue weighted by Crippen LogP contribution is 2.35. The third-order valence-corrected chi connectivity index (χ3v) is 5.11. The van der Waals surface area contributed by atoms with Gasteiger partial charge in [0.05, 0.1) is 6.54 Å². The monoisotopic (exact) mass is 347 g/mol. The lowest BCUT2D eigenvalue weighted by Crippen LogP contribution is -2.29. The second-order valence-corrected chi connectivity index (χ2v) is 6.89. The number of ether oxygens (including phenoxy) is 1. The van der Waals surface area contributed by atoms with Gasteiger partial charge < -0.3 is 4.74 Å². The van der Waals surface area contributed by atoms with Gasteiger partial charge in [-0.15, -0.1) is 0 Å². The first kappa shape index (κ1) is 16.6. The van der Waals surface area contributed by atoms with Gasteiger partial charge in [0, 0.05) is 12.2 Å². The molecule has 0 aromatic heterocycles. The maximum atomic E-state index is 11.6. The van der Waals surface area contributed by atoms with Crippen molar-refractivity contribution in [3.05, 3.63) is 71.8 Å². The maximum Gasteiger partial charge on any atom is 0.253 e. The molecule has 0 spiro atoms. The highest BCUT2D eigenvalue weighted by Gasteiger charge is 2.23. The number of benzene rings is 2. The largest absolute Gasteiger partial charge is 0.457 e. The van der Waals surface area contributed by atoms with Gasteiger partial charge in [-0.05, 0) is 54.2 Å². The van der Waals surface area contributed by atoms with E-state index in [0.717, 1.165) is 17.1 Å². The summed E-state index contributed by atoms with van der Waals surface area (Å²) >= 11 is 0. The molecule has 132 valence electrons. The van der Waals surface area contributed by atoms with Gasteiger partial charge in [-0.1, -0.05) is 37.1 Å². The van der Waals surface area contributed by atoms with E-state index in [9.17, 15) is 9.59 Å². The Bertz CT molecular complexity index is 813. The van der Waals surface area contributed by atoms with Crippen LogP contribution in [0.3, 0.4) is 0 Å². The van der Waals surface area contributed by atoms with Crippen LogP contribution >= 0.6 is 0 Å². The van der Waals surface area contributed by atoms with Gasteiger partial charge >= 0.3 is 0 Å². The average Bonchev–Trinajstić information content (AvgIpc) is 3.30. The van der Waals surface area contributed by atoms with Crippen molar-refractivity contribution in [2.24, 2.45) is 0 Å². The fourth-order valence-corrected chi connectivity index (χ4v) is 3.64. The zero-order valence-corrected chi connectivity index (χ0v) is 14.6. The van der Waals surface area contributed by atoms with Gasteiger partial charge in [0.1, 0.15) is 11.5 Å². The van der Waals surface area contributed by atoms with Crippen LogP contribution in [0.4, 0.5) is 0 Å². The van der Waals surface area contributed by atoms with Crippen LogP contribution in [0.1, 0.15) is 42.7 Å². The first-order valence-corrected chi connectivity index (χ1v) is 9.09. The van der Waals surface area contributed by atoms with E-state index in [1.54, 1.807) is 0 Å². The van der Waals surface area contributed by atoms with Crippen molar-refractivity contribution in [2.45, 2.75) is 38.1 Å². The Morgan fingerprint density at radius 2 is 1.35 bits per heavy atom. The molecule has 1 heterocycles. The standard InChI is InChI=1S/C22H21NO3/c24-21-13-14-22(25)23(21)15-16-5-9-19(10-6-16)26-20-11-7-18(8-12-20)17-3-1-2-4-17/h5-14,17H,1-4,15H2. The number of carbonyl (C=O) groups excluding carboxylic acids is 2. The molecule has 1 aliphatic carbocycles. The summed E-state index contributed by atoms with van der Waals surface area (Å²) in [6.45, 7) is 0.279. The molecular formula is C22H21NO3. The molecule has 2 aliphatic rings. The van der Waals surface area contributed by atoms with Crippen LogP contribution in [0.25, 0.3) is 0 Å². The summed E-state index contributed by atoms with van der Waals surface area (Å²) in [6.07, 6.45) is 7.85. The lowest BCUT2D eigenvalue weighted by molar-refractivity contribution is -0.137. The minimum Gasteiger partial charge on any atom is -0.457 e. The molecule has 1 saturated carbocycles. The van der Waals surface area contributed by atoms with Crippen molar-refractivity contribution >= 4 is 11.8 Å². The Morgan fingerprint density at radius 3 is 1.92 bits per heavy atom. The molecule has 0 atom stereocenters. The molecule has 4 heteroatoms. The molecule has 2 amide bonds. The van der Waals surface area contributed by atoms with Crippen molar-refractivity contribution < 1.29 is 14.3 Å². The molecule has 0 unspecified atom stereocenters. The lowest BCUT2D eigenvalue weighted by Gasteiger charge is -2.14. The second-order valence-electron chi connectivity index (χ2n) is 6.89. The Hall–Kier alpha value is -2.88. The van der Waals surface area contributed by atoms with Gasteiger partial charge in [0.25, 0.3) is 11.8 Å². The minimum absolute atomic E-state index is 0.266. The SMILES string of the molecule is O=C1C=CC(=O)N1Cc1ccc(Oc2ccc(C3CCCC3)cc2)cc1. The molecule has 2 aromatic carbocycles. The van der Waals surface area contributed by atoms with Crippen LogP contribution in [0, 0.1) is 0 Å². The Labute approximate surface area is 153 Å². The first-order valence-electron chi connectivity index (χ1n) is 9.09. The van der Waals surface area contributed by atoms with Crippen LogP contribution in [-0.4, -0.2) is 16.7 Å². The molecule has 1 fully saturated rings. The van der Waals surface area contributed by atoms with E-state index in [4.69, 9.17) is 4.74 Å². The first-order chi connectivity index (χ1) is 12.7. The fraction of sp³-hybridized carbons (Fsp3) is 0.273. The van der Waals surface area contributed by atoms with Crippen molar-refractivity contribution in [1.29, 1.82) is 0 Å². The molecule has 0 radical (unpaired) electrons. The van der Waals surface area contributed by atoms with E-state index in [0.29, 0.717) is 5.92 Å². The van der Waals surface area contributed by atoms with E-state index < -0.39 is 0 Å². The number of hydrogen-bond donors (Lipinski definition) is 0. The third kappa shape index (κ3) is 3.54. The highest BCUT2D eigenvalue weighted by molar-refractivity contribution is 6.12. The summed E-state index contributed by atoms with van der Waals surface area (Å²) in [7, 11) is 0. The molecule has 2 aromatic rings. The molecular weight excluding hydrogens is 326 g/mol. The zero-order chi connectivity index (χ0) is 17.9. The predicted molar refractivity (Wildman–Crippen MR) is 98.9 cm³/mol. The average molecular weight is 347 g/mol. The summed E-state index contributed by atoms with van der Waals surface area (Å²) in [6, 6.07) is 15.8. The summed E-state index contributed by atoms with van der Waals surface area (Å²) in [5, 5.41) is 0. The zero-order valence-electron chi connectivity index (χ0n) is 14.6. The Morgan fingerprint density at radius 1 is 0.808 bits per heavy atom. The molecule has 0 bridgehead atoms. The lowest BCUT2D eigenvalue weighted by atomic mass is 9.98. The van der Waals surface area contributed by atoms with E-state index in [1.165, 1.54) is 48.3 Å².